The van der Waals surface area contributed by atoms with E-state index in [0.717, 1.165) is 38.5 Å². The maximum absolute atomic E-state index is 13.0. The number of sulfonamides is 1. The van der Waals surface area contributed by atoms with Crippen LogP contribution in [-0.2, 0) is 19.6 Å². The Hall–Kier alpha value is -1.64. The van der Waals surface area contributed by atoms with Crippen molar-refractivity contribution >= 4 is 33.5 Å². The van der Waals surface area contributed by atoms with Crippen molar-refractivity contribution < 1.29 is 22.7 Å². The topological polar surface area (TPSA) is 84.0 Å². The molecule has 0 radical (unpaired) electrons. The van der Waals surface area contributed by atoms with Gasteiger partial charge in [0.2, 0.25) is 10.0 Å². The first-order valence-corrected chi connectivity index (χ1v) is 12.8. The predicted octanol–water partition coefficient (Wildman–Crippen LogP) is 3.85. The third kappa shape index (κ3) is 5.23. The van der Waals surface area contributed by atoms with Gasteiger partial charge in [-0.3, -0.25) is 4.79 Å². The van der Waals surface area contributed by atoms with Gasteiger partial charge in [0.1, 0.15) is 0 Å². The number of esters is 1. The van der Waals surface area contributed by atoms with Crippen molar-refractivity contribution in [2.45, 2.75) is 82.4 Å². The van der Waals surface area contributed by atoms with E-state index in [1.807, 2.05) is 13.8 Å². The second-order valence-corrected chi connectivity index (χ2v) is 10.9. The van der Waals surface area contributed by atoms with Crippen LogP contribution in [0.3, 0.4) is 0 Å². The third-order valence-corrected chi connectivity index (χ3v) is 8.41. The van der Waals surface area contributed by atoms with Crippen molar-refractivity contribution in [2.24, 2.45) is 0 Å². The van der Waals surface area contributed by atoms with Crippen LogP contribution < -0.4 is 0 Å². The molecule has 0 aliphatic carbocycles. The standard InChI is InChI=1S/C22H31ClN2O5S/c1-15-8-7-9-16(2)25(15)21(26)17(3)30-22(27)19-14-18(10-11-20(19)23)31(28,29)24-12-5-4-6-13-24/h10-11,14-17H,4-9,12-13H2,1-3H3/t15-,16-,17+/m1/s1. The summed E-state index contributed by atoms with van der Waals surface area (Å²) in [5.74, 6) is -1.06. The molecule has 1 aromatic rings. The molecule has 3 rings (SSSR count). The van der Waals surface area contributed by atoms with Crippen LogP contribution in [0.4, 0.5) is 0 Å². The highest BCUT2D eigenvalue weighted by atomic mass is 35.5. The summed E-state index contributed by atoms with van der Waals surface area (Å²) in [6.45, 7) is 6.45. The lowest BCUT2D eigenvalue weighted by atomic mass is 9.97. The molecule has 0 saturated carbocycles. The van der Waals surface area contributed by atoms with Gasteiger partial charge in [-0.15, -0.1) is 0 Å². The number of likely N-dealkylation sites (tertiary alicyclic amines) is 1. The monoisotopic (exact) mass is 470 g/mol. The van der Waals surface area contributed by atoms with E-state index in [9.17, 15) is 18.0 Å². The first-order valence-electron chi connectivity index (χ1n) is 11.0. The fourth-order valence-corrected chi connectivity index (χ4v) is 6.15. The zero-order valence-electron chi connectivity index (χ0n) is 18.3. The maximum Gasteiger partial charge on any atom is 0.340 e. The molecule has 0 unspecified atom stereocenters. The SMILES string of the molecule is C[C@H](OC(=O)c1cc(S(=O)(=O)N2CCCCC2)ccc1Cl)C(=O)N1[C@H](C)CCC[C@H]1C. The zero-order chi connectivity index (χ0) is 22.8. The van der Waals surface area contributed by atoms with E-state index < -0.39 is 22.1 Å². The first kappa shape index (κ1) is 24.0. The summed E-state index contributed by atoms with van der Waals surface area (Å²) in [5.41, 5.74) is -0.0563. The molecule has 0 N–H and O–H groups in total. The normalized spacial score (nSPS) is 23.9. The lowest BCUT2D eigenvalue weighted by Crippen LogP contribution is -2.51. The number of piperidine rings is 2. The van der Waals surface area contributed by atoms with Crippen LogP contribution in [0.2, 0.25) is 5.02 Å². The van der Waals surface area contributed by atoms with Crippen LogP contribution in [0.25, 0.3) is 0 Å². The van der Waals surface area contributed by atoms with Gasteiger partial charge < -0.3 is 9.64 Å². The average Bonchev–Trinajstić information content (AvgIpc) is 2.74. The van der Waals surface area contributed by atoms with E-state index in [2.05, 4.69) is 0 Å². The second kappa shape index (κ2) is 9.88. The minimum Gasteiger partial charge on any atom is -0.449 e. The lowest BCUT2D eigenvalue weighted by molar-refractivity contribution is -0.146. The van der Waals surface area contributed by atoms with Crippen LogP contribution in [0.1, 0.15) is 69.7 Å². The maximum atomic E-state index is 13.0. The highest BCUT2D eigenvalue weighted by molar-refractivity contribution is 7.89. The minimum atomic E-state index is -3.72. The second-order valence-electron chi connectivity index (χ2n) is 8.53. The molecule has 2 aliphatic heterocycles. The van der Waals surface area contributed by atoms with Crippen LogP contribution in [0.5, 0.6) is 0 Å². The molecule has 2 saturated heterocycles. The van der Waals surface area contributed by atoms with Gasteiger partial charge in [0, 0.05) is 25.2 Å². The van der Waals surface area contributed by atoms with E-state index in [1.165, 1.54) is 29.4 Å². The number of carbonyl (C=O) groups excluding carboxylic acids is 2. The summed E-state index contributed by atoms with van der Waals surface area (Å²) in [6, 6.07) is 4.20. The number of carbonyl (C=O) groups is 2. The van der Waals surface area contributed by atoms with Crippen LogP contribution >= 0.6 is 11.6 Å². The first-order chi connectivity index (χ1) is 14.6. The number of amides is 1. The Labute approximate surface area is 189 Å². The third-order valence-electron chi connectivity index (χ3n) is 6.19. The van der Waals surface area contributed by atoms with Gasteiger partial charge >= 0.3 is 5.97 Å². The van der Waals surface area contributed by atoms with Crippen LogP contribution in [0, 0.1) is 0 Å². The summed E-state index contributed by atoms with van der Waals surface area (Å²) < 4.78 is 32.8. The summed E-state index contributed by atoms with van der Waals surface area (Å²) in [4.78, 5) is 27.5. The number of hydrogen-bond acceptors (Lipinski definition) is 5. The molecule has 2 fully saturated rings. The van der Waals surface area contributed by atoms with Gasteiger partial charge in [0.15, 0.2) is 6.10 Å². The molecular formula is C22H31ClN2O5S. The Bertz CT molecular complexity index is 920. The van der Waals surface area contributed by atoms with Gasteiger partial charge in [-0.25, -0.2) is 13.2 Å². The van der Waals surface area contributed by atoms with Crippen molar-refractivity contribution in [3.63, 3.8) is 0 Å². The zero-order valence-corrected chi connectivity index (χ0v) is 19.9. The van der Waals surface area contributed by atoms with Crippen LogP contribution in [-0.4, -0.2) is 60.8 Å². The largest absolute Gasteiger partial charge is 0.449 e. The fraction of sp³-hybridized carbons (Fsp3) is 0.636. The molecule has 9 heteroatoms. The van der Waals surface area contributed by atoms with Gasteiger partial charge in [-0.2, -0.15) is 4.31 Å². The molecule has 1 aromatic carbocycles. The van der Waals surface area contributed by atoms with Gasteiger partial charge in [-0.1, -0.05) is 18.0 Å². The molecule has 0 aromatic heterocycles. The number of rotatable bonds is 5. The predicted molar refractivity (Wildman–Crippen MR) is 119 cm³/mol. The molecule has 2 heterocycles. The Morgan fingerprint density at radius 2 is 1.68 bits per heavy atom. The minimum absolute atomic E-state index is 0.00278. The van der Waals surface area contributed by atoms with Crippen molar-refractivity contribution in [1.29, 1.82) is 0 Å². The number of ether oxygens (including phenoxy) is 1. The van der Waals surface area contributed by atoms with E-state index >= 15 is 0 Å². The summed E-state index contributed by atoms with van der Waals surface area (Å²) in [5, 5.41) is 0.0851. The van der Waals surface area contributed by atoms with Gasteiger partial charge in [-0.05, 0) is 71.1 Å². The van der Waals surface area contributed by atoms with Gasteiger partial charge in [0.05, 0.1) is 15.5 Å². The van der Waals surface area contributed by atoms with E-state index in [1.54, 1.807) is 4.90 Å². The molecular weight excluding hydrogens is 440 g/mol. The smallest absolute Gasteiger partial charge is 0.340 e. The lowest BCUT2D eigenvalue weighted by Gasteiger charge is -2.40. The number of nitrogens with zero attached hydrogens (tertiary/aromatic N) is 2. The summed E-state index contributed by atoms with van der Waals surface area (Å²) in [6.07, 6.45) is 4.54. The molecule has 1 amide bonds. The van der Waals surface area contributed by atoms with Crippen molar-refractivity contribution in [2.75, 3.05) is 13.1 Å². The van der Waals surface area contributed by atoms with E-state index in [4.69, 9.17) is 16.3 Å². The van der Waals surface area contributed by atoms with Crippen molar-refractivity contribution in [3.05, 3.63) is 28.8 Å². The summed E-state index contributed by atoms with van der Waals surface area (Å²) >= 11 is 6.18. The van der Waals surface area contributed by atoms with Gasteiger partial charge in [0.25, 0.3) is 5.91 Å². The number of hydrogen-bond donors (Lipinski definition) is 0. The average molecular weight is 471 g/mol. The molecule has 7 nitrogen and oxygen atoms in total. The Morgan fingerprint density at radius 1 is 1.06 bits per heavy atom. The number of halogens is 1. The highest BCUT2D eigenvalue weighted by Gasteiger charge is 2.34. The van der Waals surface area contributed by atoms with Crippen LogP contribution in [0.15, 0.2) is 23.1 Å². The molecule has 0 bridgehead atoms. The Morgan fingerprint density at radius 3 is 2.29 bits per heavy atom. The Balaban J connectivity index is 1.77. The van der Waals surface area contributed by atoms with E-state index in [-0.39, 0.29) is 33.5 Å². The molecule has 0 spiro atoms. The van der Waals surface area contributed by atoms with Crippen molar-refractivity contribution in [3.8, 4) is 0 Å². The van der Waals surface area contributed by atoms with E-state index in [0.29, 0.717) is 13.1 Å². The fourth-order valence-electron chi connectivity index (χ4n) is 4.42. The molecule has 172 valence electrons. The van der Waals surface area contributed by atoms with Crippen molar-refractivity contribution in [1.82, 2.24) is 9.21 Å². The summed E-state index contributed by atoms with van der Waals surface area (Å²) in [7, 11) is -3.72. The Kier molecular flexibility index (Phi) is 7.65. The molecule has 31 heavy (non-hydrogen) atoms. The quantitative estimate of drug-likeness (QED) is 0.610. The molecule has 2 aliphatic rings. The highest BCUT2D eigenvalue weighted by Crippen LogP contribution is 2.27. The number of benzene rings is 1. The molecule has 3 atom stereocenters.